The third-order valence-electron chi connectivity index (χ3n) is 1.42. The second kappa shape index (κ2) is 3.19. The molecule has 0 aliphatic heterocycles. The number of hydrogen-bond donors (Lipinski definition) is 1. The molecule has 1 N–H and O–H groups in total. The predicted octanol–water partition coefficient (Wildman–Crippen LogP) is 1.15. The quantitative estimate of drug-likeness (QED) is 0.639. The van der Waals surface area contributed by atoms with Crippen LogP contribution < -0.4 is 0 Å². The van der Waals surface area contributed by atoms with Gasteiger partial charge in [0.2, 0.25) is 0 Å². The predicted molar refractivity (Wildman–Crippen MR) is 42.9 cm³/mol. The van der Waals surface area contributed by atoms with Gasteiger partial charge in [-0.1, -0.05) is 18.2 Å². The first-order chi connectivity index (χ1) is 5.08. The summed E-state index contributed by atoms with van der Waals surface area (Å²) in [6.07, 6.45) is 7.28. The molecule has 11 heavy (non-hydrogen) atoms. The fraction of sp³-hybridized carbons (Fsp3) is 0.429. The first kappa shape index (κ1) is 8.49. The maximum absolute atomic E-state index is 10.4. The average Bonchev–Trinajstić information content (AvgIpc) is 1.85. The molecular weight excluding hydrogens is 164 g/mol. The highest BCUT2D eigenvalue weighted by atomic mass is 32.2. The smallest absolute Gasteiger partial charge is 0.269 e. The molecule has 0 unspecified atom stereocenters. The SMILES string of the molecule is O=S(=O)(O)CC1=CCCC=C1. The number of rotatable bonds is 2. The van der Waals surface area contributed by atoms with E-state index in [1.165, 1.54) is 0 Å². The lowest BCUT2D eigenvalue weighted by Crippen LogP contribution is -2.06. The van der Waals surface area contributed by atoms with Gasteiger partial charge in [-0.25, -0.2) is 0 Å². The molecule has 1 aliphatic carbocycles. The van der Waals surface area contributed by atoms with Crippen molar-refractivity contribution in [3.63, 3.8) is 0 Å². The first-order valence-electron chi connectivity index (χ1n) is 3.39. The standard InChI is InChI=1S/C7H10O3S/c8-11(9,10)6-7-4-2-1-3-5-7/h2,4-5H,1,3,6H2,(H,8,9,10). The van der Waals surface area contributed by atoms with E-state index in [2.05, 4.69) is 0 Å². The monoisotopic (exact) mass is 174 g/mol. The van der Waals surface area contributed by atoms with E-state index in [4.69, 9.17) is 4.55 Å². The Morgan fingerprint density at radius 2 is 2.18 bits per heavy atom. The van der Waals surface area contributed by atoms with Crippen LogP contribution in [0.1, 0.15) is 12.8 Å². The summed E-state index contributed by atoms with van der Waals surface area (Å²) in [5.74, 6) is -0.260. The van der Waals surface area contributed by atoms with Crippen molar-refractivity contribution in [3.05, 3.63) is 23.8 Å². The summed E-state index contributed by atoms with van der Waals surface area (Å²) >= 11 is 0. The largest absolute Gasteiger partial charge is 0.285 e. The van der Waals surface area contributed by atoms with Crippen LogP contribution in [0.5, 0.6) is 0 Å². The zero-order valence-electron chi connectivity index (χ0n) is 6.03. The van der Waals surface area contributed by atoms with Crippen molar-refractivity contribution in [1.29, 1.82) is 0 Å². The summed E-state index contributed by atoms with van der Waals surface area (Å²) in [7, 11) is -3.84. The van der Waals surface area contributed by atoms with Gasteiger partial charge in [0, 0.05) is 0 Å². The van der Waals surface area contributed by atoms with Crippen LogP contribution in [-0.4, -0.2) is 18.7 Å². The second-order valence-corrected chi connectivity index (χ2v) is 3.94. The van der Waals surface area contributed by atoms with E-state index in [0.29, 0.717) is 5.57 Å². The van der Waals surface area contributed by atoms with E-state index in [9.17, 15) is 8.42 Å². The molecular formula is C7H10O3S. The summed E-state index contributed by atoms with van der Waals surface area (Å²) in [5.41, 5.74) is 0.679. The van der Waals surface area contributed by atoms with Gasteiger partial charge in [0.25, 0.3) is 10.1 Å². The van der Waals surface area contributed by atoms with Crippen molar-refractivity contribution >= 4 is 10.1 Å². The van der Waals surface area contributed by atoms with E-state index < -0.39 is 10.1 Å². The summed E-state index contributed by atoms with van der Waals surface area (Å²) in [6.45, 7) is 0. The van der Waals surface area contributed by atoms with Gasteiger partial charge in [0.05, 0.1) is 0 Å². The summed E-state index contributed by atoms with van der Waals surface area (Å²) in [6, 6.07) is 0. The molecule has 4 heteroatoms. The molecule has 0 aromatic rings. The highest BCUT2D eigenvalue weighted by Gasteiger charge is 2.07. The molecule has 0 saturated heterocycles. The Hall–Kier alpha value is -0.610. The first-order valence-corrected chi connectivity index (χ1v) is 4.99. The van der Waals surface area contributed by atoms with Gasteiger partial charge in [0.1, 0.15) is 5.75 Å². The third kappa shape index (κ3) is 3.34. The summed E-state index contributed by atoms with van der Waals surface area (Å²) < 4.78 is 29.2. The van der Waals surface area contributed by atoms with Crippen LogP contribution in [0, 0.1) is 0 Å². The molecule has 0 bridgehead atoms. The van der Waals surface area contributed by atoms with E-state index in [1.54, 1.807) is 6.08 Å². The van der Waals surface area contributed by atoms with Gasteiger partial charge >= 0.3 is 0 Å². The number of allylic oxidation sites excluding steroid dienone is 3. The molecule has 0 aromatic carbocycles. The molecule has 0 fully saturated rings. The Morgan fingerprint density at radius 3 is 2.64 bits per heavy atom. The van der Waals surface area contributed by atoms with Crippen molar-refractivity contribution in [2.45, 2.75) is 12.8 Å². The topological polar surface area (TPSA) is 54.4 Å². The Morgan fingerprint density at radius 1 is 1.45 bits per heavy atom. The molecule has 0 atom stereocenters. The minimum absolute atomic E-state index is 0.260. The van der Waals surface area contributed by atoms with Crippen molar-refractivity contribution < 1.29 is 13.0 Å². The maximum atomic E-state index is 10.4. The van der Waals surface area contributed by atoms with Crippen LogP contribution in [0.25, 0.3) is 0 Å². The second-order valence-electron chi connectivity index (χ2n) is 2.49. The van der Waals surface area contributed by atoms with E-state index in [0.717, 1.165) is 12.8 Å². The minimum Gasteiger partial charge on any atom is -0.285 e. The van der Waals surface area contributed by atoms with Gasteiger partial charge in [-0.2, -0.15) is 8.42 Å². The zero-order valence-corrected chi connectivity index (χ0v) is 6.84. The van der Waals surface area contributed by atoms with E-state index >= 15 is 0 Å². The van der Waals surface area contributed by atoms with Crippen LogP contribution in [0.2, 0.25) is 0 Å². The van der Waals surface area contributed by atoms with Gasteiger partial charge in [-0.05, 0) is 18.4 Å². The maximum Gasteiger partial charge on any atom is 0.269 e. The zero-order chi connectivity index (χ0) is 8.32. The van der Waals surface area contributed by atoms with Crippen molar-refractivity contribution in [1.82, 2.24) is 0 Å². The Balaban J connectivity index is 2.64. The molecule has 0 radical (unpaired) electrons. The molecule has 0 amide bonds. The normalized spacial score (nSPS) is 18.1. The van der Waals surface area contributed by atoms with Crippen LogP contribution >= 0.6 is 0 Å². The Bertz CT molecular complexity index is 285. The van der Waals surface area contributed by atoms with Crippen molar-refractivity contribution in [2.75, 3.05) is 5.75 Å². The molecule has 3 nitrogen and oxygen atoms in total. The van der Waals surface area contributed by atoms with Crippen LogP contribution in [0.4, 0.5) is 0 Å². The number of hydrogen-bond acceptors (Lipinski definition) is 2. The summed E-state index contributed by atoms with van der Waals surface area (Å²) in [4.78, 5) is 0. The molecule has 0 aromatic heterocycles. The molecule has 0 heterocycles. The third-order valence-corrected chi connectivity index (χ3v) is 2.12. The fourth-order valence-electron chi connectivity index (χ4n) is 0.985. The van der Waals surface area contributed by atoms with Gasteiger partial charge in [-0.3, -0.25) is 4.55 Å². The average molecular weight is 174 g/mol. The lowest BCUT2D eigenvalue weighted by atomic mass is 10.1. The Labute approximate surface area is 66.2 Å². The fourth-order valence-corrected chi connectivity index (χ4v) is 1.62. The van der Waals surface area contributed by atoms with Crippen molar-refractivity contribution in [3.8, 4) is 0 Å². The van der Waals surface area contributed by atoms with Gasteiger partial charge in [-0.15, -0.1) is 0 Å². The highest BCUT2D eigenvalue weighted by molar-refractivity contribution is 7.86. The molecule has 0 saturated carbocycles. The van der Waals surface area contributed by atoms with Gasteiger partial charge in [0.15, 0.2) is 0 Å². The molecule has 1 aliphatic rings. The van der Waals surface area contributed by atoms with Gasteiger partial charge < -0.3 is 0 Å². The van der Waals surface area contributed by atoms with E-state index in [1.807, 2.05) is 12.2 Å². The van der Waals surface area contributed by atoms with E-state index in [-0.39, 0.29) is 5.75 Å². The van der Waals surface area contributed by atoms with Crippen LogP contribution in [0.15, 0.2) is 23.8 Å². The lowest BCUT2D eigenvalue weighted by Gasteiger charge is -2.03. The molecule has 0 spiro atoms. The van der Waals surface area contributed by atoms with Crippen LogP contribution in [0.3, 0.4) is 0 Å². The summed E-state index contributed by atoms with van der Waals surface area (Å²) in [5, 5.41) is 0. The minimum atomic E-state index is -3.84. The molecule has 1 rings (SSSR count). The molecule has 62 valence electrons. The lowest BCUT2D eigenvalue weighted by molar-refractivity contribution is 0.486. The van der Waals surface area contributed by atoms with Crippen LogP contribution in [-0.2, 0) is 10.1 Å². The Kier molecular flexibility index (Phi) is 2.46. The highest BCUT2D eigenvalue weighted by Crippen LogP contribution is 2.10. The van der Waals surface area contributed by atoms with Crippen molar-refractivity contribution in [2.24, 2.45) is 0 Å².